The van der Waals surface area contributed by atoms with Crippen LogP contribution >= 0.6 is 0 Å². The van der Waals surface area contributed by atoms with Gasteiger partial charge >= 0.3 is 0 Å². The molecule has 3 aromatic rings. The van der Waals surface area contributed by atoms with E-state index >= 15 is 0 Å². The largest absolute Gasteiger partial charge is 0.336 e. The summed E-state index contributed by atoms with van der Waals surface area (Å²) < 4.78 is 0. The third kappa shape index (κ3) is 5.14. The molecule has 1 aromatic heterocycles. The van der Waals surface area contributed by atoms with Crippen molar-refractivity contribution in [1.82, 2.24) is 14.9 Å². The zero-order valence-electron chi connectivity index (χ0n) is 15.7. The second-order valence-electron chi connectivity index (χ2n) is 6.30. The molecule has 0 aliphatic heterocycles. The van der Waals surface area contributed by atoms with Crippen LogP contribution in [0.4, 0.5) is 17.3 Å². The van der Waals surface area contributed by atoms with Crippen molar-refractivity contribution < 1.29 is 9.59 Å². The number of aromatic nitrogens is 2. The Balaban J connectivity index is 1.67. The Morgan fingerprint density at radius 3 is 2.32 bits per heavy atom. The minimum absolute atomic E-state index is 0.130. The molecule has 0 bridgehead atoms. The third-order valence-electron chi connectivity index (χ3n) is 3.95. The van der Waals surface area contributed by atoms with Gasteiger partial charge in [0.25, 0.3) is 5.91 Å². The lowest BCUT2D eigenvalue weighted by Gasteiger charge is -2.17. The summed E-state index contributed by atoms with van der Waals surface area (Å²) in [7, 11) is 1.74. The van der Waals surface area contributed by atoms with Crippen LogP contribution in [0.15, 0.2) is 66.9 Å². The summed E-state index contributed by atoms with van der Waals surface area (Å²) >= 11 is 0. The van der Waals surface area contributed by atoms with E-state index in [0.717, 1.165) is 11.3 Å². The monoisotopic (exact) mass is 375 g/mol. The standard InChI is InChI=1S/C21H21N5O2/c1-15(27)23-17-8-10-18(11-9-17)24-21-22-13-12-19(25-21)20(28)26(2)14-16-6-4-3-5-7-16/h3-13H,14H2,1-2H3,(H,23,27)(H,22,24,25). The zero-order chi connectivity index (χ0) is 19.9. The Labute approximate surface area is 163 Å². The summed E-state index contributed by atoms with van der Waals surface area (Å²) in [5.74, 6) is 0.0106. The number of rotatable bonds is 6. The minimum Gasteiger partial charge on any atom is -0.336 e. The van der Waals surface area contributed by atoms with Crippen molar-refractivity contribution in [1.29, 1.82) is 0 Å². The summed E-state index contributed by atoms with van der Waals surface area (Å²) in [5, 5.41) is 5.77. The maximum absolute atomic E-state index is 12.7. The number of amides is 2. The number of carbonyl (C=O) groups excluding carboxylic acids is 2. The number of nitrogens with one attached hydrogen (secondary N) is 2. The first-order valence-corrected chi connectivity index (χ1v) is 8.78. The normalized spacial score (nSPS) is 10.2. The molecular formula is C21H21N5O2. The average molecular weight is 375 g/mol. The average Bonchev–Trinajstić information content (AvgIpc) is 2.69. The molecule has 3 rings (SSSR count). The van der Waals surface area contributed by atoms with Gasteiger partial charge < -0.3 is 15.5 Å². The lowest BCUT2D eigenvalue weighted by atomic mass is 10.2. The van der Waals surface area contributed by atoms with Crippen LogP contribution < -0.4 is 10.6 Å². The van der Waals surface area contributed by atoms with Crippen LogP contribution in [0.1, 0.15) is 23.0 Å². The van der Waals surface area contributed by atoms with E-state index in [9.17, 15) is 9.59 Å². The molecule has 0 aliphatic rings. The van der Waals surface area contributed by atoms with Crippen LogP contribution in [0, 0.1) is 0 Å². The lowest BCUT2D eigenvalue weighted by molar-refractivity contribution is -0.114. The van der Waals surface area contributed by atoms with Crippen molar-refractivity contribution in [2.24, 2.45) is 0 Å². The topological polar surface area (TPSA) is 87.2 Å². The Hall–Kier alpha value is -3.74. The fourth-order valence-corrected chi connectivity index (χ4v) is 2.63. The van der Waals surface area contributed by atoms with E-state index in [2.05, 4.69) is 20.6 Å². The highest BCUT2D eigenvalue weighted by atomic mass is 16.2. The van der Waals surface area contributed by atoms with E-state index in [4.69, 9.17) is 0 Å². The fourth-order valence-electron chi connectivity index (χ4n) is 2.63. The van der Waals surface area contributed by atoms with Crippen LogP contribution in [-0.4, -0.2) is 33.7 Å². The number of carbonyl (C=O) groups is 2. The molecule has 0 atom stereocenters. The summed E-state index contributed by atoms with van der Waals surface area (Å²) in [4.78, 5) is 33.8. The Morgan fingerprint density at radius 1 is 0.964 bits per heavy atom. The van der Waals surface area contributed by atoms with Crippen molar-refractivity contribution in [3.63, 3.8) is 0 Å². The van der Waals surface area contributed by atoms with E-state index in [-0.39, 0.29) is 11.8 Å². The molecule has 2 N–H and O–H groups in total. The molecule has 7 heteroatoms. The Bertz CT molecular complexity index is 958. The molecule has 0 saturated carbocycles. The molecule has 28 heavy (non-hydrogen) atoms. The number of nitrogens with zero attached hydrogens (tertiary/aromatic N) is 3. The quantitative estimate of drug-likeness (QED) is 0.689. The molecule has 0 unspecified atom stereocenters. The second-order valence-corrected chi connectivity index (χ2v) is 6.30. The summed E-state index contributed by atoms with van der Waals surface area (Å²) in [6, 6.07) is 18.5. The van der Waals surface area contributed by atoms with Crippen LogP contribution in [0.25, 0.3) is 0 Å². The summed E-state index contributed by atoms with van der Waals surface area (Å²) in [6.07, 6.45) is 1.55. The first kappa shape index (κ1) is 19.0. The van der Waals surface area contributed by atoms with Crippen LogP contribution in [-0.2, 0) is 11.3 Å². The van der Waals surface area contributed by atoms with Crippen molar-refractivity contribution in [2.45, 2.75) is 13.5 Å². The first-order valence-electron chi connectivity index (χ1n) is 8.78. The van der Waals surface area contributed by atoms with E-state index in [1.54, 1.807) is 48.5 Å². The Morgan fingerprint density at radius 2 is 1.64 bits per heavy atom. The number of anilines is 3. The van der Waals surface area contributed by atoms with Gasteiger partial charge in [-0.25, -0.2) is 9.97 Å². The van der Waals surface area contributed by atoms with Gasteiger partial charge in [0.1, 0.15) is 5.69 Å². The maximum Gasteiger partial charge on any atom is 0.272 e. The van der Waals surface area contributed by atoms with E-state index < -0.39 is 0 Å². The molecule has 0 fully saturated rings. The van der Waals surface area contributed by atoms with Gasteiger partial charge in [0.2, 0.25) is 11.9 Å². The molecule has 0 spiro atoms. The van der Waals surface area contributed by atoms with Gasteiger partial charge in [-0.2, -0.15) is 0 Å². The maximum atomic E-state index is 12.7. The van der Waals surface area contributed by atoms with Gasteiger partial charge in [-0.1, -0.05) is 30.3 Å². The van der Waals surface area contributed by atoms with E-state index in [1.165, 1.54) is 6.92 Å². The van der Waals surface area contributed by atoms with Gasteiger partial charge in [-0.3, -0.25) is 9.59 Å². The predicted molar refractivity (Wildman–Crippen MR) is 108 cm³/mol. The Kier molecular flexibility index (Phi) is 5.96. The van der Waals surface area contributed by atoms with Crippen molar-refractivity contribution in [3.8, 4) is 0 Å². The molecule has 7 nitrogen and oxygen atoms in total. The summed E-state index contributed by atoms with van der Waals surface area (Å²) in [5.41, 5.74) is 2.80. The highest BCUT2D eigenvalue weighted by molar-refractivity contribution is 5.92. The highest BCUT2D eigenvalue weighted by Gasteiger charge is 2.14. The fraction of sp³-hybridized carbons (Fsp3) is 0.143. The zero-order valence-corrected chi connectivity index (χ0v) is 15.7. The lowest BCUT2D eigenvalue weighted by Crippen LogP contribution is -2.27. The van der Waals surface area contributed by atoms with Gasteiger partial charge in [-0.05, 0) is 35.9 Å². The first-order chi connectivity index (χ1) is 13.5. The predicted octanol–water partition coefficient (Wildman–Crippen LogP) is 3.45. The molecule has 0 radical (unpaired) electrons. The molecule has 1 heterocycles. The van der Waals surface area contributed by atoms with Crippen molar-refractivity contribution in [3.05, 3.63) is 78.1 Å². The highest BCUT2D eigenvalue weighted by Crippen LogP contribution is 2.17. The second kappa shape index (κ2) is 8.77. The van der Waals surface area contributed by atoms with E-state index in [1.807, 2.05) is 30.3 Å². The SMILES string of the molecule is CC(=O)Nc1ccc(Nc2nccc(C(=O)N(C)Cc3ccccc3)n2)cc1. The minimum atomic E-state index is -0.185. The third-order valence-corrected chi connectivity index (χ3v) is 3.95. The van der Waals surface area contributed by atoms with Gasteiger partial charge in [0, 0.05) is 38.1 Å². The molecule has 142 valence electrons. The molecule has 0 saturated heterocycles. The van der Waals surface area contributed by atoms with Crippen molar-refractivity contribution >= 4 is 29.1 Å². The molecule has 2 amide bonds. The number of hydrogen-bond acceptors (Lipinski definition) is 5. The van der Waals surface area contributed by atoms with Gasteiger partial charge in [0.15, 0.2) is 0 Å². The number of benzene rings is 2. The van der Waals surface area contributed by atoms with Gasteiger partial charge in [0.05, 0.1) is 0 Å². The van der Waals surface area contributed by atoms with Crippen LogP contribution in [0.3, 0.4) is 0 Å². The molecule has 2 aromatic carbocycles. The molecular weight excluding hydrogens is 354 g/mol. The summed E-state index contributed by atoms with van der Waals surface area (Å²) in [6.45, 7) is 1.95. The van der Waals surface area contributed by atoms with Gasteiger partial charge in [-0.15, -0.1) is 0 Å². The molecule has 0 aliphatic carbocycles. The smallest absolute Gasteiger partial charge is 0.272 e. The van der Waals surface area contributed by atoms with Crippen molar-refractivity contribution in [2.75, 3.05) is 17.7 Å². The van der Waals surface area contributed by atoms with Crippen LogP contribution in [0.5, 0.6) is 0 Å². The van der Waals surface area contributed by atoms with Crippen LogP contribution in [0.2, 0.25) is 0 Å². The van der Waals surface area contributed by atoms with E-state index in [0.29, 0.717) is 23.9 Å². The number of hydrogen-bond donors (Lipinski definition) is 2.